The summed E-state index contributed by atoms with van der Waals surface area (Å²) in [5.41, 5.74) is 2.35. The first-order valence-corrected chi connectivity index (χ1v) is 15.9. The number of hydrogen-bond acceptors (Lipinski definition) is 11. The number of amidine groups is 1. The van der Waals surface area contributed by atoms with Crippen LogP contribution in [0.25, 0.3) is 5.57 Å². The molecule has 238 valence electrons. The van der Waals surface area contributed by atoms with E-state index in [1.165, 1.54) is 53.2 Å². The van der Waals surface area contributed by atoms with Gasteiger partial charge in [-0.2, -0.15) is 5.10 Å². The minimum absolute atomic E-state index is 0.0596. The average Bonchev–Trinajstić information content (AvgIpc) is 3.90. The maximum absolute atomic E-state index is 13.9. The normalized spacial score (nSPS) is 25.9. The van der Waals surface area contributed by atoms with Crippen LogP contribution in [0.4, 0.5) is 14.6 Å². The zero-order valence-corrected chi connectivity index (χ0v) is 25.2. The summed E-state index contributed by atoms with van der Waals surface area (Å²) in [7, 11) is 1.39. The zero-order valence-electron chi connectivity index (χ0n) is 24.4. The summed E-state index contributed by atoms with van der Waals surface area (Å²) >= 11 is 1.25. The van der Waals surface area contributed by atoms with Crippen molar-refractivity contribution in [2.45, 2.75) is 67.8 Å². The summed E-state index contributed by atoms with van der Waals surface area (Å²) in [6.45, 7) is 0.316. The van der Waals surface area contributed by atoms with Gasteiger partial charge in [0, 0.05) is 48.5 Å². The minimum atomic E-state index is -2.75. The molecule has 3 saturated carbocycles. The predicted molar refractivity (Wildman–Crippen MR) is 161 cm³/mol. The van der Waals surface area contributed by atoms with Gasteiger partial charge in [-0.15, -0.1) is 0 Å². The summed E-state index contributed by atoms with van der Waals surface area (Å²) in [5.74, 6) is 3.82. The van der Waals surface area contributed by atoms with Crippen molar-refractivity contribution in [2.75, 3.05) is 25.1 Å². The number of aliphatic hydroxyl groups is 2. The third kappa shape index (κ3) is 5.65. The second-order valence-electron chi connectivity index (χ2n) is 12.1. The third-order valence-corrected chi connectivity index (χ3v) is 9.77. The van der Waals surface area contributed by atoms with Gasteiger partial charge in [-0.3, -0.25) is 25.2 Å². The van der Waals surface area contributed by atoms with Crippen LogP contribution in [-0.2, 0) is 9.53 Å². The molecule has 12 nitrogen and oxygen atoms in total. The van der Waals surface area contributed by atoms with Crippen LogP contribution in [0.2, 0.25) is 0 Å². The van der Waals surface area contributed by atoms with Crippen molar-refractivity contribution in [3.8, 4) is 11.8 Å². The number of rotatable bonds is 7. The molecule has 0 bridgehead atoms. The van der Waals surface area contributed by atoms with Crippen LogP contribution < -0.4 is 21.0 Å². The molecule has 1 spiro atoms. The molecule has 3 aliphatic heterocycles. The van der Waals surface area contributed by atoms with E-state index in [0.717, 1.165) is 12.8 Å². The van der Waals surface area contributed by atoms with E-state index in [1.807, 2.05) is 0 Å². The number of amides is 2. The Morgan fingerprint density at radius 1 is 1.24 bits per heavy atom. The number of allylic oxidation sites excluding steroid dienone is 1. The molecule has 4 heterocycles. The average molecular weight is 642 g/mol. The number of thioether (sulfide) groups is 1. The first-order valence-electron chi connectivity index (χ1n) is 15.0. The Bertz CT molecular complexity index is 1580. The predicted octanol–water partition coefficient (Wildman–Crippen LogP) is 1.50. The summed E-state index contributed by atoms with van der Waals surface area (Å²) < 4.78 is 33.1. The van der Waals surface area contributed by atoms with E-state index in [4.69, 9.17) is 4.74 Å². The highest BCUT2D eigenvalue weighted by molar-refractivity contribution is 8.14. The fourth-order valence-corrected chi connectivity index (χ4v) is 6.66. The Labute approximate surface area is 262 Å². The topological polar surface area (TPSA) is 152 Å². The summed E-state index contributed by atoms with van der Waals surface area (Å²) in [4.78, 5) is 35.0. The van der Waals surface area contributed by atoms with E-state index in [2.05, 4.69) is 38.0 Å². The Kier molecular flexibility index (Phi) is 7.51. The van der Waals surface area contributed by atoms with Crippen LogP contribution in [0.15, 0.2) is 35.4 Å². The number of ether oxygens (including phenoxy) is 1. The number of aromatic nitrogens is 1. The number of carbonyl (C=O) groups is 2. The number of alkyl halides is 2. The Morgan fingerprint density at radius 2 is 2.02 bits per heavy atom. The van der Waals surface area contributed by atoms with Gasteiger partial charge in [0.05, 0.1) is 12.7 Å². The van der Waals surface area contributed by atoms with Crippen LogP contribution >= 0.6 is 11.8 Å². The number of methoxy groups -OCH3 is 1. The Balaban J connectivity index is 1.20. The van der Waals surface area contributed by atoms with Crippen molar-refractivity contribution in [3.05, 3.63) is 41.4 Å². The molecule has 0 radical (unpaired) electrons. The molecule has 45 heavy (non-hydrogen) atoms. The molecule has 1 saturated heterocycles. The maximum atomic E-state index is 13.9. The van der Waals surface area contributed by atoms with E-state index in [1.54, 1.807) is 0 Å². The van der Waals surface area contributed by atoms with E-state index >= 15 is 0 Å². The molecule has 4 fully saturated rings. The number of dihydropyridines is 1. The molecule has 6 aliphatic rings. The van der Waals surface area contributed by atoms with E-state index < -0.39 is 29.8 Å². The summed E-state index contributed by atoms with van der Waals surface area (Å²) in [6, 6.07) is 0.170. The standard InChI is InChI=1S/C30H33F2N7O5S/c1-44-22-15-33-21(25(31)32)12-19(22)18-13-23(38-10-11-39(29(8-9-29)27(38)41)30(42,43)17-5-6-17)34-14-20(18)26(40)35-28-37-36-24(45-28)7-4-16-2-3-16/h12-17,21,24-25,33,36,42-43H,2-3,5-6,8-11H2,1H3,(H,35,37,40). The highest BCUT2D eigenvalue weighted by atomic mass is 32.2. The first-order chi connectivity index (χ1) is 21.6. The lowest BCUT2D eigenvalue weighted by atomic mass is 9.95. The lowest BCUT2D eigenvalue weighted by Gasteiger charge is -2.46. The summed E-state index contributed by atoms with van der Waals surface area (Å²) in [5, 5.41) is 31.3. The van der Waals surface area contributed by atoms with Crippen LogP contribution in [0, 0.1) is 23.7 Å². The third-order valence-electron chi connectivity index (χ3n) is 8.89. The molecule has 5 N–H and O–H groups in total. The fourth-order valence-electron chi connectivity index (χ4n) is 5.95. The number of pyridine rings is 1. The highest BCUT2D eigenvalue weighted by Gasteiger charge is 2.65. The lowest BCUT2D eigenvalue weighted by Crippen LogP contribution is -2.67. The van der Waals surface area contributed by atoms with Crippen LogP contribution in [0.3, 0.4) is 0 Å². The summed E-state index contributed by atoms with van der Waals surface area (Å²) in [6.07, 6.45) is 5.63. The number of nitrogens with zero attached hydrogens (tertiary/aromatic N) is 4. The molecule has 15 heteroatoms. The SMILES string of the molecule is COC1=CNC(C(F)F)C=C1c1cc(N2CCN(C(O)(O)C3CC3)C3(CC3)C2=O)ncc1C(=O)NC1=NNC(C#CC2CC2)S1. The fraction of sp³-hybridized carbons (Fsp3) is 0.533. The Hall–Kier alpha value is -3.71. The maximum Gasteiger partial charge on any atom is 0.261 e. The molecule has 1 aromatic heterocycles. The van der Waals surface area contributed by atoms with Crippen LogP contribution in [0.1, 0.15) is 54.4 Å². The molecule has 2 amide bonds. The number of halogens is 2. The van der Waals surface area contributed by atoms with Crippen molar-refractivity contribution in [2.24, 2.45) is 16.9 Å². The molecule has 2 atom stereocenters. The van der Waals surface area contributed by atoms with Gasteiger partial charge in [0.15, 0.2) is 10.5 Å². The molecule has 2 unspecified atom stereocenters. The molecular weight excluding hydrogens is 608 g/mol. The molecule has 3 aliphatic carbocycles. The second kappa shape index (κ2) is 11.3. The van der Waals surface area contributed by atoms with E-state index in [9.17, 15) is 28.6 Å². The molecule has 7 rings (SSSR count). The van der Waals surface area contributed by atoms with E-state index in [0.29, 0.717) is 36.8 Å². The quantitative estimate of drug-likeness (QED) is 0.219. The lowest BCUT2D eigenvalue weighted by molar-refractivity contribution is -0.291. The van der Waals surface area contributed by atoms with Gasteiger partial charge in [0.25, 0.3) is 12.3 Å². The number of piperazine rings is 1. The van der Waals surface area contributed by atoms with Gasteiger partial charge in [-0.25, -0.2) is 18.7 Å². The van der Waals surface area contributed by atoms with Gasteiger partial charge < -0.3 is 20.3 Å². The van der Waals surface area contributed by atoms with Gasteiger partial charge in [0.1, 0.15) is 23.2 Å². The first kappa shape index (κ1) is 30.0. The molecular formula is C30H33F2N7O5S. The number of nitrogens with one attached hydrogen (secondary N) is 3. The van der Waals surface area contributed by atoms with Gasteiger partial charge >= 0.3 is 0 Å². The highest BCUT2D eigenvalue weighted by Crippen LogP contribution is 2.52. The minimum Gasteiger partial charge on any atom is -0.495 e. The number of anilines is 1. The second-order valence-corrected chi connectivity index (χ2v) is 13.2. The van der Waals surface area contributed by atoms with Crippen LogP contribution in [0.5, 0.6) is 0 Å². The van der Waals surface area contributed by atoms with Crippen molar-refractivity contribution in [1.82, 2.24) is 25.9 Å². The van der Waals surface area contributed by atoms with Crippen molar-refractivity contribution in [1.29, 1.82) is 0 Å². The van der Waals surface area contributed by atoms with Gasteiger partial charge in [0.2, 0.25) is 11.8 Å². The van der Waals surface area contributed by atoms with Crippen molar-refractivity contribution >= 4 is 40.1 Å². The number of carbonyl (C=O) groups excluding carboxylic acids is 2. The smallest absolute Gasteiger partial charge is 0.261 e. The van der Waals surface area contributed by atoms with Crippen LogP contribution in [-0.4, -0.2) is 86.6 Å². The Morgan fingerprint density at radius 3 is 2.69 bits per heavy atom. The molecule has 0 aromatic carbocycles. The van der Waals surface area contributed by atoms with Gasteiger partial charge in [-0.05, 0) is 62.4 Å². The molecule has 1 aromatic rings. The van der Waals surface area contributed by atoms with Gasteiger partial charge in [-0.1, -0.05) is 11.8 Å². The van der Waals surface area contributed by atoms with E-state index in [-0.39, 0.29) is 58.6 Å². The van der Waals surface area contributed by atoms with Crippen molar-refractivity contribution in [3.63, 3.8) is 0 Å². The monoisotopic (exact) mass is 641 g/mol. The van der Waals surface area contributed by atoms with Crippen molar-refractivity contribution < 1.29 is 33.3 Å². The largest absolute Gasteiger partial charge is 0.495 e. The zero-order chi connectivity index (χ0) is 31.5. The number of hydrogen-bond donors (Lipinski definition) is 5. The number of hydrazone groups is 1.